The van der Waals surface area contributed by atoms with Crippen LogP contribution < -0.4 is 0 Å². The van der Waals surface area contributed by atoms with Gasteiger partial charge in [0.2, 0.25) is 0 Å². The number of hydrogen-bond acceptors (Lipinski definition) is 2. The Bertz CT molecular complexity index is 126. The van der Waals surface area contributed by atoms with E-state index in [4.69, 9.17) is 9.47 Å². The van der Waals surface area contributed by atoms with Crippen LogP contribution in [0.5, 0.6) is 0 Å². The van der Waals surface area contributed by atoms with Crippen molar-refractivity contribution in [3.63, 3.8) is 0 Å². The van der Waals surface area contributed by atoms with Gasteiger partial charge in [0.15, 0.2) is 6.29 Å². The predicted molar refractivity (Wildman–Crippen MR) is 45.1 cm³/mol. The SMILES string of the molecule is CC#CCC(OCC)OCC. The Balaban J connectivity index is 3.56. The predicted octanol–water partition coefficient (Wildman–Crippen LogP) is 1.80. The molecule has 0 bridgehead atoms. The second kappa shape index (κ2) is 7.59. The molecular weight excluding hydrogens is 140 g/mol. The van der Waals surface area contributed by atoms with Crippen molar-refractivity contribution in [2.45, 2.75) is 33.5 Å². The molecule has 0 N–H and O–H groups in total. The van der Waals surface area contributed by atoms with Crippen molar-refractivity contribution in [2.24, 2.45) is 0 Å². The maximum Gasteiger partial charge on any atom is 0.168 e. The minimum Gasteiger partial charge on any atom is -0.352 e. The summed E-state index contributed by atoms with van der Waals surface area (Å²) in [6, 6.07) is 0. The molecule has 11 heavy (non-hydrogen) atoms. The monoisotopic (exact) mass is 156 g/mol. The summed E-state index contributed by atoms with van der Waals surface area (Å²) >= 11 is 0. The van der Waals surface area contributed by atoms with Gasteiger partial charge in [0.25, 0.3) is 0 Å². The van der Waals surface area contributed by atoms with E-state index in [1.54, 1.807) is 0 Å². The fourth-order valence-electron chi connectivity index (χ4n) is 0.723. The van der Waals surface area contributed by atoms with Crippen LogP contribution in [0.4, 0.5) is 0 Å². The van der Waals surface area contributed by atoms with Crippen LogP contribution in [0, 0.1) is 11.8 Å². The lowest BCUT2D eigenvalue weighted by atomic mass is 10.4. The van der Waals surface area contributed by atoms with Crippen LogP contribution in [0.2, 0.25) is 0 Å². The first-order valence-electron chi connectivity index (χ1n) is 3.97. The number of hydrogen-bond donors (Lipinski definition) is 0. The molecule has 64 valence electrons. The van der Waals surface area contributed by atoms with Crippen LogP contribution in [-0.4, -0.2) is 19.5 Å². The number of rotatable bonds is 5. The van der Waals surface area contributed by atoms with Crippen molar-refractivity contribution in [1.82, 2.24) is 0 Å². The Morgan fingerprint density at radius 3 is 2.09 bits per heavy atom. The smallest absolute Gasteiger partial charge is 0.168 e. The van der Waals surface area contributed by atoms with Crippen LogP contribution in [0.15, 0.2) is 0 Å². The van der Waals surface area contributed by atoms with Crippen molar-refractivity contribution in [3.05, 3.63) is 0 Å². The van der Waals surface area contributed by atoms with Crippen molar-refractivity contribution in [1.29, 1.82) is 0 Å². The van der Waals surface area contributed by atoms with Crippen LogP contribution >= 0.6 is 0 Å². The zero-order chi connectivity index (χ0) is 8.53. The van der Waals surface area contributed by atoms with Crippen LogP contribution in [0.3, 0.4) is 0 Å². The highest BCUT2D eigenvalue weighted by Gasteiger charge is 2.03. The van der Waals surface area contributed by atoms with Gasteiger partial charge in [-0.05, 0) is 20.8 Å². The van der Waals surface area contributed by atoms with E-state index >= 15 is 0 Å². The molecule has 0 amide bonds. The van der Waals surface area contributed by atoms with Gasteiger partial charge >= 0.3 is 0 Å². The van der Waals surface area contributed by atoms with Gasteiger partial charge < -0.3 is 9.47 Å². The Morgan fingerprint density at radius 1 is 1.18 bits per heavy atom. The molecule has 2 heteroatoms. The minimum absolute atomic E-state index is 0.141. The molecule has 0 radical (unpaired) electrons. The molecule has 0 fully saturated rings. The lowest BCUT2D eigenvalue weighted by Crippen LogP contribution is -2.16. The highest BCUT2D eigenvalue weighted by Crippen LogP contribution is 1.98. The molecule has 0 aliphatic heterocycles. The third-order valence-corrected chi connectivity index (χ3v) is 1.15. The third-order valence-electron chi connectivity index (χ3n) is 1.15. The van der Waals surface area contributed by atoms with Gasteiger partial charge in [-0.25, -0.2) is 0 Å². The van der Waals surface area contributed by atoms with Crippen LogP contribution in [0.1, 0.15) is 27.2 Å². The standard InChI is InChI=1S/C9H16O2/c1-4-7-8-9(10-5-2)11-6-3/h9H,5-6,8H2,1-3H3. The topological polar surface area (TPSA) is 18.5 Å². The van der Waals surface area contributed by atoms with E-state index in [1.165, 1.54) is 0 Å². The molecule has 0 saturated heterocycles. The third kappa shape index (κ3) is 5.90. The van der Waals surface area contributed by atoms with E-state index in [0.717, 1.165) is 0 Å². The fourth-order valence-corrected chi connectivity index (χ4v) is 0.723. The molecule has 0 rings (SSSR count). The first-order valence-corrected chi connectivity index (χ1v) is 3.97. The zero-order valence-electron chi connectivity index (χ0n) is 7.52. The maximum absolute atomic E-state index is 5.26. The van der Waals surface area contributed by atoms with E-state index < -0.39 is 0 Å². The second-order valence-corrected chi connectivity index (χ2v) is 1.97. The average molecular weight is 156 g/mol. The summed E-state index contributed by atoms with van der Waals surface area (Å²) in [5.74, 6) is 5.72. The highest BCUT2D eigenvalue weighted by molar-refractivity contribution is 4.95. The van der Waals surface area contributed by atoms with E-state index in [1.807, 2.05) is 20.8 Å². The number of ether oxygens (including phenoxy) is 2. The van der Waals surface area contributed by atoms with E-state index in [9.17, 15) is 0 Å². The van der Waals surface area contributed by atoms with Crippen molar-refractivity contribution < 1.29 is 9.47 Å². The van der Waals surface area contributed by atoms with Gasteiger partial charge in [-0.1, -0.05) is 5.92 Å². The Hall–Kier alpha value is -0.520. The first kappa shape index (κ1) is 10.5. The van der Waals surface area contributed by atoms with E-state index in [2.05, 4.69) is 11.8 Å². The van der Waals surface area contributed by atoms with Gasteiger partial charge in [-0.2, -0.15) is 0 Å². The van der Waals surface area contributed by atoms with Gasteiger partial charge in [-0.3, -0.25) is 0 Å². The summed E-state index contributed by atoms with van der Waals surface area (Å²) in [6.07, 6.45) is 0.524. The molecule has 0 aliphatic rings. The van der Waals surface area contributed by atoms with Crippen molar-refractivity contribution in [3.8, 4) is 11.8 Å². The van der Waals surface area contributed by atoms with Crippen LogP contribution in [-0.2, 0) is 9.47 Å². The molecule has 0 spiro atoms. The first-order chi connectivity index (χ1) is 5.35. The average Bonchev–Trinajstić information content (AvgIpc) is 2.01. The summed E-state index contributed by atoms with van der Waals surface area (Å²) in [5.41, 5.74) is 0. The molecule has 0 unspecified atom stereocenters. The molecule has 0 heterocycles. The molecule has 0 atom stereocenters. The summed E-state index contributed by atoms with van der Waals surface area (Å²) in [4.78, 5) is 0. The molecule has 0 aromatic carbocycles. The fraction of sp³-hybridized carbons (Fsp3) is 0.778. The lowest BCUT2D eigenvalue weighted by Gasteiger charge is -2.13. The van der Waals surface area contributed by atoms with Gasteiger partial charge in [0.05, 0.1) is 6.42 Å². The second-order valence-electron chi connectivity index (χ2n) is 1.97. The van der Waals surface area contributed by atoms with Gasteiger partial charge in [0.1, 0.15) is 0 Å². The van der Waals surface area contributed by atoms with Gasteiger partial charge in [-0.15, -0.1) is 5.92 Å². The summed E-state index contributed by atoms with van der Waals surface area (Å²) < 4.78 is 10.5. The van der Waals surface area contributed by atoms with E-state index in [0.29, 0.717) is 19.6 Å². The minimum atomic E-state index is -0.141. The Labute approximate surface area is 68.9 Å². The van der Waals surface area contributed by atoms with Crippen LogP contribution in [0.25, 0.3) is 0 Å². The highest BCUT2D eigenvalue weighted by atomic mass is 16.7. The maximum atomic E-state index is 5.26. The molecule has 2 nitrogen and oxygen atoms in total. The Kier molecular flexibility index (Phi) is 7.23. The summed E-state index contributed by atoms with van der Waals surface area (Å²) in [7, 11) is 0. The van der Waals surface area contributed by atoms with Gasteiger partial charge in [0, 0.05) is 13.2 Å². The largest absolute Gasteiger partial charge is 0.352 e. The van der Waals surface area contributed by atoms with Crippen molar-refractivity contribution in [2.75, 3.05) is 13.2 Å². The molecule has 0 aliphatic carbocycles. The lowest BCUT2D eigenvalue weighted by molar-refractivity contribution is -0.131. The van der Waals surface area contributed by atoms with E-state index in [-0.39, 0.29) is 6.29 Å². The quantitative estimate of drug-likeness (QED) is 0.446. The molecular formula is C9H16O2. The molecule has 0 aromatic heterocycles. The zero-order valence-corrected chi connectivity index (χ0v) is 7.52. The summed E-state index contributed by atoms with van der Waals surface area (Å²) in [5, 5.41) is 0. The van der Waals surface area contributed by atoms with Crippen molar-refractivity contribution >= 4 is 0 Å². The molecule has 0 saturated carbocycles. The molecule has 0 aromatic rings. The normalized spacial score (nSPS) is 9.45. The Morgan fingerprint density at radius 2 is 1.73 bits per heavy atom. The summed E-state index contributed by atoms with van der Waals surface area (Å²) in [6.45, 7) is 7.07.